The smallest absolute Gasteiger partial charge is 0.410 e. The molecule has 24 heavy (non-hydrogen) atoms. The Morgan fingerprint density at radius 1 is 1.00 bits per heavy atom. The molecule has 1 amide bonds. The number of fused-ring (bicyclic) bond motifs is 2. The third kappa shape index (κ3) is 3.05. The van der Waals surface area contributed by atoms with Crippen LogP contribution in [0.15, 0.2) is 0 Å². The Hall–Kier alpha value is -0.810. The van der Waals surface area contributed by atoms with E-state index in [-0.39, 0.29) is 6.09 Å². The fourth-order valence-corrected chi connectivity index (χ4v) is 5.53. The molecule has 0 aromatic heterocycles. The number of nitrogens with zero attached hydrogens (tertiary/aromatic N) is 2. The maximum absolute atomic E-state index is 12.6. The number of hydrogen-bond acceptors (Lipinski definition) is 4. The Morgan fingerprint density at radius 2 is 1.54 bits per heavy atom. The summed E-state index contributed by atoms with van der Waals surface area (Å²) in [5, 5.41) is 0. The van der Waals surface area contributed by atoms with Gasteiger partial charge in [-0.15, -0.1) is 0 Å². The number of morpholine rings is 1. The lowest BCUT2D eigenvalue weighted by molar-refractivity contribution is -0.0893. The lowest BCUT2D eigenvalue weighted by Crippen LogP contribution is -2.60. The predicted molar refractivity (Wildman–Crippen MR) is 92.0 cm³/mol. The summed E-state index contributed by atoms with van der Waals surface area (Å²) >= 11 is 0. The summed E-state index contributed by atoms with van der Waals surface area (Å²) in [6.07, 6.45) is 7.24. The second kappa shape index (κ2) is 5.87. The Balaban J connectivity index is 1.36. The predicted octanol–water partition coefficient (Wildman–Crippen LogP) is 3.03. The highest BCUT2D eigenvalue weighted by molar-refractivity contribution is 5.69. The van der Waals surface area contributed by atoms with Crippen LogP contribution in [0.5, 0.6) is 0 Å². The molecule has 5 heteroatoms. The minimum Gasteiger partial charge on any atom is -0.444 e. The maximum Gasteiger partial charge on any atom is 0.410 e. The average molecular weight is 336 g/mol. The van der Waals surface area contributed by atoms with Gasteiger partial charge >= 0.3 is 6.09 Å². The molecule has 3 saturated heterocycles. The monoisotopic (exact) mass is 336 g/mol. The van der Waals surface area contributed by atoms with E-state index in [2.05, 4.69) is 9.80 Å². The van der Waals surface area contributed by atoms with Crippen molar-refractivity contribution in [1.82, 2.24) is 9.80 Å². The summed E-state index contributed by atoms with van der Waals surface area (Å²) in [7, 11) is 0. The molecule has 2 bridgehead atoms. The third-order valence-electron chi connectivity index (χ3n) is 6.46. The highest BCUT2D eigenvalue weighted by atomic mass is 16.6. The standard InChI is InChI=1S/C19H32N2O3/c1-18(2,3)24-17(22)21-14-4-5-15(21)11-19(10-14)12-16(13-19)20-6-8-23-9-7-20/h14-16H,4-13H2,1-3H3. The molecule has 3 heterocycles. The van der Waals surface area contributed by atoms with Gasteiger partial charge in [-0.05, 0) is 64.7 Å². The fourth-order valence-electron chi connectivity index (χ4n) is 5.53. The van der Waals surface area contributed by atoms with Crippen LogP contribution in [0, 0.1) is 5.41 Å². The van der Waals surface area contributed by atoms with Crippen LogP contribution < -0.4 is 0 Å². The molecule has 136 valence electrons. The van der Waals surface area contributed by atoms with E-state index >= 15 is 0 Å². The van der Waals surface area contributed by atoms with E-state index in [1.165, 1.54) is 25.7 Å². The third-order valence-corrected chi connectivity index (χ3v) is 6.46. The first-order chi connectivity index (χ1) is 11.4. The van der Waals surface area contributed by atoms with Crippen LogP contribution in [-0.2, 0) is 9.47 Å². The molecule has 0 N–H and O–H groups in total. The molecule has 0 aromatic carbocycles. The van der Waals surface area contributed by atoms with E-state index in [0.717, 1.165) is 45.2 Å². The van der Waals surface area contributed by atoms with Crippen LogP contribution in [0.3, 0.4) is 0 Å². The molecule has 0 aromatic rings. The van der Waals surface area contributed by atoms with Crippen molar-refractivity contribution < 1.29 is 14.3 Å². The van der Waals surface area contributed by atoms with Crippen molar-refractivity contribution in [1.29, 1.82) is 0 Å². The van der Waals surface area contributed by atoms with Crippen LogP contribution in [0.1, 0.15) is 59.3 Å². The van der Waals surface area contributed by atoms with Crippen molar-refractivity contribution in [2.24, 2.45) is 5.41 Å². The van der Waals surface area contributed by atoms with Crippen molar-refractivity contribution >= 4 is 6.09 Å². The normalized spacial score (nSPS) is 39.8. The molecule has 1 aliphatic carbocycles. The molecular weight excluding hydrogens is 304 g/mol. The van der Waals surface area contributed by atoms with Gasteiger partial charge in [0, 0.05) is 31.2 Å². The van der Waals surface area contributed by atoms with Crippen LogP contribution in [0.4, 0.5) is 4.79 Å². The number of amides is 1. The van der Waals surface area contributed by atoms with E-state index < -0.39 is 5.60 Å². The van der Waals surface area contributed by atoms with E-state index in [1.54, 1.807) is 0 Å². The first kappa shape index (κ1) is 16.6. The molecule has 2 unspecified atom stereocenters. The van der Waals surface area contributed by atoms with Gasteiger partial charge in [-0.1, -0.05) is 0 Å². The summed E-state index contributed by atoms with van der Waals surface area (Å²) in [6.45, 7) is 9.84. The number of rotatable bonds is 1. The van der Waals surface area contributed by atoms with Crippen LogP contribution >= 0.6 is 0 Å². The number of ether oxygens (including phenoxy) is 2. The summed E-state index contributed by atoms with van der Waals surface area (Å²) in [5.74, 6) is 0. The summed E-state index contributed by atoms with van der Waals surface area (Å²) < 4.78 is 11.1. The number of piperidine rings is 1. The summed E-state index contributed by atoms with van der Waals surface area (Å²) in [5.41, 5.74) is 0.0941. The van der Waals surface area contributed by atoms with E-state index in [9.17, 15) is 4.79 Å². The van der Waals surface area contributed by atoms with Crippen molar-refractivity contribution in [2.75, 3.05) is 26.3 Å². The first-order valence-electron chi connectivity index (χ1n) is 9.68. The molecule has 1 spiro atoms. The van der Waals surface area contributed by atoms with Gasteiger partial charge in [0.05, 0.1) is 13.2 Å². The second-order valence-electron chi connectivity index (χ2n) is 9.39. The van der Waals surface area contributed by atoms with Gasteiger partial charge in [0.1, 0.15) is 5.60 Å². The average Bonchev–Trinajstić information content (AvgIpc) is 2.75. The molecule has 4 rings (SSSR count). The molecule has 5 nitrogen and oxygen atoms in total. The van der Waals surface area contributed by atoms with Crippen molar-refractivity contribution in [2.45, 2.75) is 83.0 Å². The molecule has 4 aliphatic rings. The first-order valence-corrected chi connectivity index (χ1v) is 9.68. The molecule has 3 aliphatic heterocycles. The highest BCUT2D eigenvalue weighted by Gasteiger charge is 2.56. The zero-order valence-electron chi connectivity index (χ0n) is 15.4. The number of hydrogen-bond donors (Lipinski definition) is 0. The molecule has 0 radical (unpaired) electrons. The molecule has 4 fully saturated rings. The van der Waals surface area contributed by atoms with Crippen molar-refractivity contribution in [3.05, 3.63) is 0 Å². The quantitative estimate of drug-likeness (QED) is 0.738. The van der Waals surface area contributed by atoms with Gasteiger partial charge in [-0.25, -0.2) is 4.79 Å². The molecular formula is C19H32N2O3. The number of carbonyl (C=O) groups is 1. The van der Waals surface area contributed by atoms with Gasteiger partial charge in [0.2, 0.25) is 0 Å². The number of carbonyl (C=O) groups excluding carboxylic acids is 1. The Kier molecular flexibility index (Phi) is 4.07. The largest absolute Gasteiger partial charge is 0.444 e. The SMILES string of the molecule is CC(C)(C)OC(=O)N1C2CCC1CC1(CC(N3CCOCC3)C1)C2. The van der Waals surface area contributed by atoms with Crippen molar-refractivity contribution in [3.8, 4) is 0 Å². The Bertz CT molecular complexity index is 473. The summed E-state index contributed by atoms with van der Waals surface area (Å²) in [6, 6.07) is 1.56. The van der Waals surface area contributed by atoms with Gasteiger partial charge in [-0.3, -0.25) is 4.90 Å². The van der Waals surface area contributed by atoms with E-state index in [0.29, 0.717) is 17.5 Å². The Morgan fingerprint density at radius 3 is 2.08 bits per heavy atom. The van der Waals surface area contributed by atoms with Crippen molar-refractivity contribution in [3.63, 3.8) is 0 Å². The van der Waals surface area contributed by atoms with Crippen LogP contribution in [0.25, 0.3) is 0 Å². The summed E-state index contributed by atoms with van der Waals surface area (Å²) in [4.78, 5) is 17.3. The zero-order chi connectivity index (χ0) is 16.9. The minimum atomic E-state index is -0.399. The fraction of sp³-hybridized carbons (Fsp3) is 0.947. The molecule has 2 atom stereocenters. The lowest BCUT2D eigenvalue weighted by Gasteiger charge is -2.57. The van der Waals surface area contributed by atoms with Gasteiger partial charge in [-0.2, -0.15) is 0 Å². The maximum atomic E-state index is 12.6. The highest BCUT2D eigenvalue weighted by Crippen LogP contribution is 2.57. The van der Waals surface area contributed by atoms with Crippen LogP contribution in [0.2, 0.25) is 0 Å². The lowest BCUT2D eigenvalue weighted by atomic mass is 9.58. The van der Waals surface area contributed by atoms with Gasteiger partial charge in [0.25, 0.3) is 0 Å². The van der Waals surface area contributed by atoms with Gasteiger partial charge < -0.3 is 14.4 Å². The minimum absolute atomic E-state index is 0.0890. The van der Waals surface area contributed by atoms with Gasteiger partial charge in [0.15, 0.2) is 0 Å². The topological polar surface area (TPSA) is 42.0 Å². The second-order valence-corrected chi connectivity index (χ2v) is 9.39. The Labute approximate surface area is 145 Å². The van der Waals surface area contributed by atoms with Crippen LogP contribution in [-0.4, -0.2) is 65.9 Å². The van der Waals surface area contributed by atoms with E-state index in [1.807, 2.05) is 20.8 Å². The zero-order valence-corrected chi connectivity index (χ0v) is 15.4. The van der Waals surface area contributed by atoms with E-state index in [4.69, 9.17) is 9.47 Å². The molecule has 1 saturated carbocycles.